The van der Waals surface area contributed by atoms with E-state index < -0.39 is 5.97 Å². The molecule has 0 bridgehead atoms. The highest BCUT2D eigenvalue weighted by atomic mass is 35.5. The number of carboxylic acids is 1. The van der Waals surface area contributed by atoms with Gasteiger partial charge in [-0.25, -0.2) is 0 Å². The molecule has 0 amide bonds. The van der Waals surface area contributed by atoms with E-state index in [0.29, 0.717) is 5.75 Å². The minimum Gasteiger partial charge on any atom is -0.550 e. The number of carbonyl (C=O) groups excluding carboxylic acids is 1. The summed E-state index contributed by atoms with van der Waals surface area (Å²) in [5.74, 6) is -0.937. The lowest BCUT2D eigenvalue weighted by Crippen LogP contribution is -2.24. The van der Waals surface area contributed by atoms with Gasteiger partial charge >= 0.3 is 0 Å². The summed E-state index contributed by atoms with van der Waals surface area (Å²) in [7, 11) is 1.40. The third-order valence-corrected chi connectivity index (χ3v) is 2.29. The number of halogens is 1. The third-order valence-electron chi connectivity index (χ3n) is 1.86. The fourth-order valence-corrected chi connectivity index (χ4v) is 1.46. The molecule has 0 aromatic heterocycles. The molecule has 15 heavy (non-hydrogen) atoms. The molecule has 0 radical (unpaired) electrons. The highest BCUT2D eigenvalue weighted by Gasteiger charge is 2.12. The number of carboxylic acid groups (broad SMARTS) is 1. The van der Waals surface area contributed by atoms with Crippen molar-refractivity contribution in [3.05, 3.63) is 28.3 Å². The molecular weight excluding hydrogens is 218 g/mol. The van der Waals surface area contributed by atoms with Crippen molar-refractivity contribution in [3.63, 3.8) is 0 Å². The number of nitrogens with zero attached hydrogens (tertiary/aromatic N) is 1. The van der Waals surface area contributed by atoms with Crippen LogP contribution in [0.2, 0.25) is 5.02 Å². The summed E-state index contributed by atoms with van der Waals surface area (Å²) in [5, 5.41) is 19.3. The van der Waals surface area contributed by atoms with Crippen LogP contribution in [0.25, 0.3) is 0 Å². The fourth-order valence-electron chi connectivity index (χ4n) is 1.19. The van der Waals surface area contributed by atoms with Gasteiger partial charge in [-0.15, -0.1) is 0 Å². The number of aliphatic carboxylic acids is 1. The molecule has 0 spiro atoms. The van der Waals surface area contributed by atoms with Gasteiger partial charge in [0, 0.05) is 18.0 Å². The fraction of sp³-hybridized carbons (Fsp3) is 0.200. The van der Waals surface area contributed by atoms with Crippen LogP contribution in [0.3, 0.4) is 0 Å². The number of methoxy groups -OCH3 is 1. The molecule has 0 aliphatic rings. The molecule has 0 N–H and O–H groups in total. The minimum atomic E-state index is -1.27. The molecule has 0 saturated carbocycles. The van der Waals surface area contributed by atoms with Crippen LogP contribution < -0.4 is 9.84 Å². The first-order chi connectivity index (χ1) is 7.10. The van der Waals surface area contributed by atoms with Gasteiger partial charge in [0.15, 0.2) is 0 Å². The third kappa shape index (κ3) is 2.39. The van der Waals surface area contributed by atoms with Crippen LogP contribution in [0.1, 0.15) is 11.1 Å². The summed E-state index contributed by atoms with van der Waals surface area (Å²) in [6, 6.07) is 4.83. The van der Waals surface area contributed by atoms with E-state index in [9.17, 15) is 9.90 Å². The van der Waals surface area contributed by atoms with Crippen molar-refractivity contribution >= 4 is 17.6 Å². The van der Waals surface area contributed by atoms with Gasteiger partial charge in [0.05, 0.1) is 17.7 Å². The maximum absolute atomic E-state index is 10.5. The average Bonchev–Trinajstić information content (AvgIpc) is 2.20. The van der Waals surface area contributed by atoms with Crippen molar-refractivity contribution in [2.45, 2.75) is 6.42 Å². The van der Waals surface area contributed by atoms with Gasteiger partial charge in [-0.05, 0) is 12.1 Å². The van der Waals surface area contributed by atoms with Crippen molar-refractivity contribution < 1.29 is 14.6 Å². The summed E-state index contributed by atoms with van der Waals surface area (Å²) < 4.78 is 4.94. The number of benzene rings is 1. The number of nitriles is 1. The Morgan fingerprint density at radius 2 is 2.33 bits per heavy atom. The van der Waals surface area contributed by atoms with Crippen molar-refractivity contribution in [1.29, 1.82) is 5.26 Å². The van der Waals surface area contributed by atoms with Crippen molar-refractivity contribution in [2.24, 2.45) is 0 Å². The molecule has 1 aromatic carbocycles. The van der Waals surface area contributed by atoms with Crippen molar-refractivity contribution in [2.75, 3.05) is 7.11 Å². The van der Waals surface area contributed by atoms with E-state index in [1.807, 2.05) is 6.07 Å². The zero-order valence-electron chi connectivity index (χ0n) is 7.91. The molecule has 1 aromatic rings. The number of rotatable bonds is 3. The standard InChI is InChI=1S/C10H8ClNO3/c1-15-8-3-2-6(5-12)10(11)7(8)4-9(13)14/h2-3H,4H2,1H3,(H,13,14)/p-1. The Hall–Kier alpha value is -1.73. The largest absolute Gasteiger partial charge is 0.550 e. The topological polar surface area (TPSA) is 73.1 Å². The molecule has 0 saturated heterocycles. The molecular formula is C10H7ClNO3-. The smallest absolute Gasteiger partial charge is 0.124 e. The van der Waals surface area contributed by atoms with Gasteiger partial charge in [-0.2, -0.15) is 5.26 Å². The van der Waals surface area contributed by atoms with Gasteiger partial charge in [0.2, 0.25) is 0 Å². The Labute approximate surface area is 91.7 Å². The van der Waals surface area contributed by atoms with E-state index in [4.69, 9.17) is 21.6 Å². The lowest BCUT2D eigenvalue weighted by atomic mass is 10.1. The monoisotopic (exact) mass is 224 g/mol. The number of carbonyl (C=O) groups is 1. The summed E-state index contributed by atoms with van der Waals surface area (Å²) >= 11 is 5.84. The van der Waals surface area contributed by atoms with Crippen molar-refractivity contribution in [3.8, 4) is 11.8 Å². The van der Waals surface area contributed by atoms with E-state index >= 15 is 0 Å². The van der Waals surface area contributed by atoms with Gasteiger partial charge in [0.1, 0.15) is 11.8 Å². The summed E-state index contributed by atoms with van der Waals surface area (Å²) in [4.78, 5) is 10.5. The van der Waals surface area contributed by atoms with Gasteiger partial charge in [-0.3, -0.25) is 0 Å². The highest BCUT2D eigenvalue weighted by Crippen LogP contribution is 2.29. The lowest BCUT2D eigenvalue weighted by Gasteiger charge is -2.11. The Morgan fingerprint density at radius 3 is 2.80 bits per heavy atom. The van der Waals surface area contributed by atoms with E-state index in [0.717, 1.165) is 0 Å². The summed E-state index contributed by atoms with van der Waals surface area (Å²) in [6.45, 7) is 0. The second-order valence-electron chi connectivity index (χ2n) is 2.77. The summed E-state index contributed by atoms with van der Waals surface area (Å²) in [6.07, 6.45) is -0.377. The Morgan fingerprint density at radius 1 is 1.67 bits per heavy atom. The number of ether oxygens (including phenoxy) is 1. The summed E-state index contributed by atoms with van der Waals surface area (Å²) in [5.41, 5.74) is 0.479. The zero-order valence-corrected chi connectivity index (χ0v) is 8.67. The quantitative estimate of drug-likeness (QED) is 0.750. The molecule has 4 nitrogen and oxygen atoms in total. The maximum atomic E-state index is 10.5. The first kappa shape index (κ1) is 11.3. The number of hydrogen-bond acceptors (Lipinski definition) is 4. The van der Waals surface area contributed by atoms with Gasteiger partial charge in [-0.1, -0.05) is 11.6 Å². The molecule has 0 heterocycles. The zero-order chi connectivity index (χ0) is 11.4. The van der Waals surface area contributed by atoms with Gasteiger partial charge < -0.3 is 14.6 Å². The number of hydrogen-bond donors (Lipinski definition) is 0. The molecule has 0 fully saturated rings. The average molecular weight is 225 g/mol. The van der Waals surface area contributed by atoms with E-state index in [1.54, 1.807) is 0 Å². The van der Waals surface area contributed by atoms with Crippen LogP contribution in [0.5, 0.6) is 5.75 Å². The molecule has 5 heteroatoms. The second kappa shape index (κ2) is 4.67. The van der Waals surface area contributed by atoms with Crippen LogP contribution in [0, 0.1) is 11.3 Å². The van der Waals surface area contributed by atoms with Crippen molar-refractivity contribution in [1.82, 2.24) is 0 Å². The normalized spacial score (nSPS) is 9.40. The first-order valence-corrected chi connectivity index (χ1v) is 4.43. The predicted octanol–water partition coefficient (Wildman–Crippen LogP) is 0.513. The van der Waals surface area contributed by atoms with Crippen LogP contribution in [-0.4, -0.2) is 13.1 Å². The molecule has 0 unspecified atom stereocenters. The van der Waals surface area contributed by atoms with E-state index in [-0.39, 0.29) is 22.6 Å². The Balaban J connectivity index is 3.30. The van der Waals surface area contributed by atoms with Gasteiger partial charge in [0.25, 0.3) is 0 Å². The van der Waals surface area contributed by atoms with E-state index in [1.165, 1.54) is 19.2 Å². The Bertz CT molecular complexity index is 437. The first-order valence-electron chi connectivity index (χ1n) is 4.05. The van der Waals surface area contributed by atoms with E-state index in [2.05, 4.69) is 0 Å². The minimum absolute atomic E-state index is 0.0982. The Kier molecular flexibility index (Phi) is 3.53. The highest BCUT2D eigenvalue weighted by molar-refractivity contribution is 6.32. The molecule has 0 aliphatic heterocycles. The van der Waals surface area contributed by atoms with Crippen LogP contribution >= 0.6 is 11.6 Å². The molecule has 78 valence electrons. The SMILES string of the molecule is COc1ccc(C#N)c(Cl)c1CC(=O)[O-]. The van der Waals surface area contributed by atoms with Crippen LogP contribution in [-0.2, 0) is 11.2 Å². The maximum Gasteiger partial charge on any atom is 0.124 e. The molecule has 1 rings (SSSR count). The molecule has 0 atom stereocenters. The predicted molar refractivity (Wildman–Crippen MR) is 51.4 cm³/mol. The van der Waals surface area contributed by atoms with Crippen LogP contribution in [0.4, 0.5) is 0 Å². The second-order valence-corrected chi connectivity index (χ2v) is 3.15. The lowest BCUT2D eigenvalue weighted by molar-refractivity contribution is -0.304. The molecule has 0 aliphatic carbocycles. The van der Waals surface area contributed by atoms with Crippen LogP contribution in [0.15, 0.2) is 12.1 Å².